The van der Waals surface area contributed by atoms with E-state index < -0.39 is 23.2 Å². The summed E-state index contributed by atoms with van der Waals surface area (Å²) in [6.07, 6.45) is -2.10. The molecule has 0 saturated carbocycles. The Morgan fingerprint density at radius 2 is 1.77 bits per heavy atom. The average Bonchev–Trinajstić information content (AvgIpc) is 3.12. The molecule has 1 aliphatic rings. The second kappa shape index (κ2) is 9.44. The zero-order valence-electron chi connectivity index (χ0n) is 19.5. The highest BCUT2D eigenvalue weighted by atomic mass is 32.1. The molecule has 3 aromatic rings. The minimum atomic E-state index is -4.47. The van der Waals surface area contributed by atoms with Crippen LogP contribution in [-0.2, 0) is 17.5 Å². The highest BCUT2D eigenvalue weighted by Crippen LogP contribution is 2.31. The second-order valence-corrected chi connectivity index (χ2v) is 10.2. The molecule has 0 bridgehead atoms. The van der Waals surface area contributed by atoms with E-state index in [1.807, 2.05) is 0 Å². The van der Waals surface area contributed by atoms with Crippen LogP contribution in [0, 0.1) is 18.8 Å². The Hall–Kier alpha value is -3.21. The van der Waals surface area contributed by atoms with Crippen LogP contribution in [0.25, 0.3) is 10.2 Å². The van der Waals surface area contributed by atoms with Gasteiger partial charge in [0.1, 0.15) is 11.4 Å². The smallest absolute Gasteiger partial charge is 0.341 e. The number of nitrogens with zero attached hydrogens (tertiary/aromatic N) is 3. The Balaban J connectivity index is 1.55. The summed E-state index contributed by atoms with van der Waals surface area (Å²) < 4.78 is 39.5. The molecule has 3 heterocycles. The number of carbonyl (C=O) groups is 2. The molecular weight excluding hydrogens is 481 g/mol. The average molecular weight is 507 g/mol. The van der Waals surface area contributed by atoms with E-state index in [1.54, 1.807) is 11.8 Å². The van der Waals surface area contributed by atoms with Crippen LogP contribution < -0.4 is 10.9 Å². The van der Waals surface area contributed by atoms with Gasteiger partial charge in [-0.2, -0.15) is 13.2 Å². The van der Waals surface area contributed by atoms with E-state index in [4.69, 9.17) is 0 Å². The molecule has 7 nitrogen and oxygen atoms in total. The van der Waals surface area contributed by atoms with Crippen molar-refractivity contribution < 1.29 is 22.8 Å². The van der Waals surface area contributed by atoms with Crippen molar-refractivity contribution in [2.24, 2.45) is 11.8 Å². The molecular formula is C24H25F3N4O3S. The van der Waals surface area contributed by atoms with Crippen LogP contribution in [0.5, 0.6) is 0 Å². The molecule has 35 heavy (non-hydrogen) atoms. The number of piperidine rings is 1. The monoisotopic (exact) mass is 506 g/mol. The summed E-state index contributed by atoms with van der Waals surface area (Å²) >= 11 is 1.02. The third kappa shape index (κ3) is 5.24. The molecule has 0 spiro atoms. The highest BCUT2D eigenvalue weighted by molar-refractivity contribution is 7.20. The minimum absolute atomic E-state index is 0.135. The van der Waals surface area contributed by atoms with Crippen LogP contribution in [0.1, 0.15) is 41.1 Å². The predicted molar refractivity (Wildman–Crippen MR) is 128 cm³/mol. The van der Waals surface area contributed by atoms with Crippen molar-refractivity contribution in [3.05, 3.63) is 57.0 Å². The first-order valence-corrected chi connectivity index (χ1v) is 12.0. The summed E-state index contributed by atoms with van der Waals surface area (Å²) in [5, 5.41) is 2.82. The normalized spacial score (nSPS) is 18.6. The number of likely N-dealkylation sites (tertiary alicyclic amines) is 1. The molecule has 2 atom stereocenters. The number of anilines is 1. The SMILES string of the molecule is Cc1c(C(=O)Nc2ccc(C(F)(F)F)cc2)sc2ncn(CC(=O)N3C[C@H](C)C[C@@H](C)C3)c(=O)c12. The summed E-state index contributed by atoms with van der Waals surface area (Å²) in [4.78, 5) is 45.4. The van der Waals surface area contributed by atoms with Crippen LogP contribution in [-0.4, -0.2) is 39.4 Å². The first-order chi connectivity index (χ1) is 16.4. The van der Waals surface area contributed by atoms with Gasteiger partial charge in [0.15, 0.2) is 0 Å². The van der Waals surface area contributed by atoms with Crippen LogP contribution in [0.2, 0.25) is 0 Å². The van der Waals surface area contributed by atoms with Crippen LogP contribution in [0.3, 0.4) is 0 Å². The molecule has 1 saturated heterocycles. The maximum absolute atomic E-state index is 13.1. The molecule has 0 radical (unpaired) electrons. The number of amides is 2. The van der Waals surface area contributed by atoms with Crippen molar-refractivity contribution in [3.63, 3.8) is 0 Å². The maximum Gasteiger partial charge on any atom is 0.416 e. The van der Waals surface area contributed by atoms with Crippen LogP contribution in [0.4, 0.5) is 18.9 Å². The molecule has 1 N–H and O–H groups in total. The van der Waals surface area contributed by atoms with Gasteiger partial charge < -0.3 is 10.2 Å². The number of aromatic nitrogens is 2. The summed E-state index contributed by atoms with van der Waals surface area (Å²) in [5.74, 6) is 0.0816. The van der Waals surface area contributed by atoms with Crippen molar-refractivity contribution in [1.82, 2.24) is 14.5 Å². The predicted octanol–water partition coefficient (Wildman–Crippen LogP) is 4.54. The molecule has 186 valence electrons. The quantitative estimate of drug-likeness (QED) is 0.563. The summed E-state index contributed by atoms with van der Waals surface area (Å²) in [6.45, 7) is 6.98. The molecule has 1 aliphatic heterocycles. The van der Waals surface area contributed by atoms with Gasteiger partial charge in [-0.1, -0.05) is 13.8 Å². The van der Waals surface area contributed by atoms with Gasteiger partial charge in [-0.25, -0.2) is 4.98 Å². The molecule has 0 unspecified atom stereocenters. The maximum atomic E-state index is 13.1. The number of hydrogen-bond donors (Lipinski definition) is 1. The lowest BCUT2D eigenvalue weighted by molar-refractivity contribution is -0.137. The number of hydrogen-bond acceptors (Lipinski definition) is 5. The van der Waals surface area contributed by atoms with Crippen molar-refractivity contribution in [3.8, 4) is 0 Å². The summed E-state index contributed by atoms with van der Waals surface area (Å²) in [5.41, 5.74) is -0.625. The molecule has 1 aromatic carbocycles. The standard InChI is InChI=1S/C24H25F3N4O3S/c1-13-8-14(2)10-30(9-13)18(32)11-31-12-28-22-19(23(31)34)15(3)20(35-22)21(33)29-17-6-4-16(5-7-17)24(25,26)27/h4-7,12-14H,8-11H2,1-3H3,(H,29,33)/t13-,14-/m1/s1. The van der Waals surface area contributed by atoms with Crippen molar-refractivity contribution in [2.75, 3.05) is 18.4 Å². The van der Waals surface area contributed by atoms with E-state index in [9.17, 15) is 27.6 Å². The zero-order valence-corrected chi connectivity index (χ0v) is 20.3. The fourth-order valence-electron chi connectivity index (χ4n) is 4.53. The van der Waals surface area contributed by atoms with Crippen molar-refractivity contribution in [2.45, 2.75) is 39.9 Å². The molecule has 1 fully saturated rings. The van der Waals surface area contributed by atoms with Crippen molar-refractivity contribution >= 4 is 39.1 Å². The van der Waals surface area contributed by atoms with E-state index in [-0.39, 0.29) is 28.4 Å². The largest absolute Gasteiger partial charge is 0.416 e. The van der Waals surface area contributed by atoms with E-state index >= 15 is 0 Å². The lowest BCUT2D eigenvalue weighted by Crippen LogP contribution is -2.44. The Labute approximate surface area is 203 Å². The number of aryl methyl sites for hydroxylation is 1. The number of carbonyl (C=O) groups excluding carboxylic acids is 2. The topological polar surface area (TPSA) is 84.3 Å². The first-order valence-electron chi connectivity index (χ1n) is 11.2. The lowest BCUT2D eigenvalue weighted by Gasteiger charge is -2.35. The van der Waals surface area contributed by atoms with Gasteiger partial charge in [-0.15, -0.1) is 11.3 Å². The second-order valence-electron chi connectivity index (χ2n) is 9.19. The van der Waals surface area contributed by atoms with Gasteiger partial charge in [-0.05, 0) is 55.0 Å². The number of fused-ring (bicyclic) bond motifs is 1. The van der Waals surface area contributed by atoms with E-state index in [1.165, 1.54) is 23.0 Å². The van der Waals surface area contributed by atoms with E-state index in [2.05, 4.69) is 24.1 Å². The first kappa shape index (κ1) is 24.9. The van der Waals surface area contributed by atoms with E-state index in [0.29, 0.717) is 35.3 Å². The fraction of sp³-hybridized carbons (Fsp3) is 0.417. The minimum Gasteiger partial charge on any atom is -0.341 e. The Bertz CT molecular complexity index is 1320. The van der Waals surface area contributed by atoms with Gasteiger partial charge in [0, 0.05) is 18.8 Å². The van der Waals surface area contributed by atoms with Crippen molar-refractivity contribution in [1.29, 1.82) is 0 Å². The fourth-order valence-corrected chi connectivity index (χ4v) is 5.57. The molecule has 2 amide bonds. The Morgan fingerprint density at radius 1 is 1.14 bits per heavy atom. The van der Waals surface area contributed by atoms with Gasteiger partial charge >= 0.3 is 6.18 Å². The van der Waals surface area contributed by atoms with Crippen LogP contribution in [0.15, 0.2) is 35.4 Å². The summed E-state index contributed by atoms with van der Waals surface area (Å²) in [6, 6.07) is 4.11. The highest BCUT2D eigenvalue weighted by Gasteiger charge is 2.30. The van der Waals surface area contributed by atoms with Gasteiger partial charge in [0.05, 0.1) is 22.2 Å². The Kier molecular flexibility index (Phi) is 6.72. The molecule has 4 rings (SSSR count). The number of rotatable bonds is 4. The number of nitrogens with one attached hydrogen (secondary N) is 1. The third-order valence-corrected chi connectivity index (χ3v) is 7.32. The molecule has 0 aliphatic carbocycles. The van der Waals surface area contributed by atoms with Crippen LogP contribution >= 0.6 is 11.3 Å². The number of alkyl halides is 3. The van der Waals surface area contributed by atoms with Gasteiger partial charge in [0.25, 0.3) is 11.5 Å². The van der Waals surface area contributed by atoms with Gasteiger partial charge in [0.2, 0.25) is 5.91 Å². The number of halogens is 3. The third-order valence-electron chi connectivity index (χ3n) is 6.12. The van der Waals surface area contributed by atoms with E-state index in [0.717, 1.165) is 29.9 Å². The number of benzene rings is 1. The van der Waals surface area contributed by atoms with Gasteiger partial charge in [-0.3, -0.25) is 19.0 Å². The zero-order chi connectivity index (χ0) is 25.5. The number of thiophene rings is 1. The Morgan fingerprint density at radius 3 is 2.37 bits per heavy atom. The lowest BCUT2D eigenvalue weighted by atomic mass is 9.92. The molecule has 2 aromatic heterocycles. The summed E-state index contributed by atoms with van der Waals surface area (Å²) in [7, 11) is 0. The molecule has 11 heteroatoms.